The first-order chi connectivity index (χ1) is 11.8. The van der Waals surface area contributed by atoms with Crippen LogP contribution in [-0.4, -0.2) is 42.2 Å². The van der Waals surface area contributed by atoms with Crippen molar-refractivity contribution in [1.82, 2.24) is 9.97 Å². The lowest BCUT2D eigenvalue weighted by atomic mass is 10.2. The Morgan fingerprint density at radius 3 is 2.71 bits per heavy atom. The number of carbonyl (C=O) groups excluding carboxylic acids is 1. The summed E-state index contributed by atoms with van der Waals surface area (Å²) in [5.74, 6) is 0.252. The maximum absolute atomic E-state index is 11.4. The van der Waals surface area contributed by atoms with Crippen LogP contribution in [0.5, 0.6) is 0 Å². The van der Waals surface area contributed by atoms with Crippen molar-refractivity contribution in [2.24, 2.45) is 4.99 Å². The van der Waals surface area contributed by atoms with E-state index in [1.165, 1.54) is 5.69 Å². The minimum Gasteiger partial charge on any atom is -0.378 e. The number of amides is 1. The van der Waals surface area contributed by atoms with Crippen molar-refractivity contribution < 1.29 is 9.53 Å². The average molecular weight is 323 g/mol. The number of hydrogen-bond donors (Lipinski definition) is 1. The first kappa shape index (κ1) is 14.8. The summed E-state index contributed by atoms with van der Waals surface area (Å²) in [7, 11) is 0. The first-order valence-corrected chi connectivity index (χ1v) is 7.92. The number of rotatable bonds is 3. The Kier molecular flexibility index (Phi) is 3.92. The molecule has 0 spiro atoms. The minimum atomic E-state index is -0.179. The number of carbonyl (C=O) groups is 1. The Hall–Kier alpha value is -2.80. The fourth-order valence-electron chi connectivity index (χ4n) is 2.74. The highest BCUT2D eigenvalue weighted by atomic mass is 16.5. The minimum absolute atomic E-state index is 0.179. The molecule has 0 bridgehead atoms. The van der Waals surface area contributed by atoms with Gasteiger partial charge in [-0.3, -0.25) is 4.79 Å². The summed E-state index contributed by atoms with van der Waals surface area (Å²) in [5.41, 5.74) is 2.48. The van der Waals surface area contributed by atoms with Crippen molar-refractivity contribution in [3.05, 3.63) is 41.2 Å². The second-order valence-electron chi connectivity index (χ2n) is 5.66. The zero-order valence-corrected chi connectivity index (χ0v) is 13.1. The fourth-order valence-corrected chi connectivity index (χ4v) is 2.74. The zero-order valence-electron chi connectivity index (χ0n) is 13.1. The van der Waals surface area contributed by atoms with Crippen molar-refractivity contribution in [3.8, 4) is 0 Å². The number of benzene rings is 1. The molecule has 0 aliphatic carbocycles. The molecule has 1 saturated heterocycles. The number of nitrogens with zero attached hydrogens (tertiary/aromatic N) is 4. The molecule has 1 fully saturated rings. The van der Waals surface area contributed by atoms with Gasteiger partial charge >= 0.3 is 0 Å². The lowest BCUT2D eigenvalue weighted by Gasteiger charge is -2.28. The molecular weight excluding hydrogens is 306 g/mol. The topological polar surface area (TPSA) is 79.7 Å². The molecule has 1 amide bonds. The van der Waals surface area contributed by atoms with Gasteiger partial charge in [-0.15, -0.1) is 0 Å². The van der Waals surface area contributed by atoms with E-state index in [2.05, 4.69) is 37.3 Å². The third-order valence-corrected chi connectivity index (χ3v) is 4.02. The predicted molar refractivity (Wildman–Crippen MR) is 89.7 cm³/mol. The summed E-state index contributed by atoms with van der Waals surface area (Å²) in [5, 5.41) is 3.94. The lowest BCUT2D eigenvalue weighted by molar-refractivity contribution is -0.117. The van der Waals surface area contributed by atoms with Gasteiger partial charge in [-0.1, -0.05) is 6.08 Å². The molecule has 0 unspecified atom stereocenters. The molecule has 1 aromatic carbocycles. The van der Waals surface area contributed by atoms with Crippen LogP contribution in [0, 0.1) is 0 Å². The van der Waals surface area contributed by atoms with Crippen molar-refractivity contribution >= 4 is 29.3 Å². The third kappa shape index (κ3) is 3.11. The smallest absolute Gasteiger partial charge is 0.251 e. The summed E-state index contributed by atoms with van der Waals surface area (Å²) < 4.78 is 5.37. The molecule has 0 saturated carbocycles. The highest BCUT2D eigenvalue weighted by Gasteiger charge is 2.11. The van der Waals surface area contributed by atoms with E-state index in [1.54, 1.807) is 12.3 Å². The highest BCUT2D eigenvalue weighted by Crippen LogP contribution is 2.20. The Morgan fingerprint density at radius 2 is 1.92 bits per heavy atom. The molecule has 0 radical (unpaired) electrons. The van der Waals surface area contributed by atoms with Gasteiger partial charge in [0.05, 0.1) is 13.2 Å². The molecule has 3 heterocycles. The molecule has 2 aliphatic rings. The molecule has 122 valence electrons. The van der Waals surface area contributed by atoms with E-state index >= 15 is 0 Å². The first-order valence-electron chi connectivity index (χ1n) is 7.92. The number of fused-ring (bicyclic) bond motifs is 1. The van der Waals surface area contributed by atoms with Gasteiger partial charge in [0.15, 0.2) is 5.49 Å². The summed E-state index contributed by atoms with van der Waals surface area (Å²) in [6, 6.07) is 8.10. The van der Waals surface area contributed by atoms with Gasteiger partial charge in [0.2, 0.25) is 5.95 Å². The van der Waals surface area contributed by atoms with Crippen LogP contribution in [0.4, 0.5) is 17.3 Å². The maximum atomic E-state index is 11.4. The average Bonchev–Trinajstić information content (AvgIpc) is 2.63. The second kappa shape index (κ2) is 6.37. The fraction of sp³-hybridized carbons (Fsp3) is 0.294. The van der Waals surface area contributed by atoms with E-state index < -0.39 is 0 Å². The van der Waals surface area contributed by atoms with Crippen LogP contribution in [0.25, 0.3) is 6.08 Å². The maximum Gasteiger partial charge on any atom is 0.251 e. The van der Waals surface area contributed by atoms with Crippen LogP contribution < -0.4 is 20.9 Å². The van der Waals surface area contributed by atoms with E-state index in [1.807, 2.05) is 12.1 Å². The van der Waals surface area contributed by atoms with E-state index in [4.69, 9.17) is 4.74 Å². The van der Waals surface area contributed by atoms with E-state index in [-0.39, 0.29) is 5.91 Å². The monoisotopic (exact) mass is 323 g/mol. The van der Waals surface area contributed by atoms with Crippen LogP contribution in [0.2, 0.25) is 0 Å². The van der Waals surface area contributed by atoms with Crippen LogP contribution in [-0.2, 0) is 9.53 Å². The number of hydrogen-bond acceptors (Lipinski definition) is 6. The molecule has 7 heteroatoms. The van der Waals surface area contributed by atoms with Gasteiger partial charge in [-0.2, -0.15) is 9.98 Å². The molecule has 7 nitrogen and oxygen atoms in total. The zero-order chi connectivity index (χ0) is 16.4. The Bertz CT molecular complexity index is 873. The number of anilines is 3. The van der Waals surface area contributed by atoms with Gasteiger partial charge in [0.1, 0.15) is 0 Å². The molecule has 2 aliphatic heterocycles. The van der Waals surface area contributed by atoms with Crippen molar-refractivity contribution in [2.45, 2.75) is 6.42 Å². The molecule has 1 aromatic heterocycles. The van der Waals surface area contributed by atoms with E-state index in [0.717, 1.165) is 37.2 Å². The number of morpholine rings is 1. The third-order valence-electron chi connectivity index (χ3n) is 4.02. The number of aromatic nitrogens is 2. The Labute approximate surface area is 138 Å². The van der Waals surface area contributed by atoms with Crippen molar-refractivity contribution in [3.63, 3.8) is 0 Å². The standard InChI is InChI=1S/C17H17N5O2/c23-15-6-1-12-11-18-17(21-16(12)20-15)19-13-2-4-14(5-3-13)22-7-9-24-10-8-22/h1-5,11H,6-10H2,(H,19,20,21,23). The summed E-state index contributed by atoms with van der Waals surface area (Å²) in [6.45, 7) is 3.35. The van der Waals surface area contributed by atoms with Crippen LogP contribution in [0.1, 0.15) is 6.42 Å². The normalized spacial score (nSPS) is 16.8. The van der Waals surface area contributed by atoms with Crippen molar-refractivity contribution in [1.29, 1.82) is 0 Å². The van der Waals surface area contributed by atoms with Crippen LogP contribution in [0.3, 0.4) is 0 Å². The van der Waals surface area contributed by atoms with Gasteiger partial charge in [-0.25, -0.2) is 4.98 Å². The number of ether oxygens (including phenoxy) is 1. The largest absolute Gasteiger partial charge is 0.378 e. The Balaban J connectivity index is 1.52. The lowest BCUT2D eigenvalue weighted by Crippen LogP contribution is -2.36. The molecule has 24 heavy (non-hydrogen) atoms. The molecule has 0 atom stereocenters. The van der Waals surface area contributed by atoms with Crippen LogP contribution >= 0.6 is 0 Å². The molecule has 1 N–H and O–H groups in total. The SMILES string of the molecule is O=C1CC=c2cnc(Nc3ccc(N4CCOCC4)cc3)nc2=N1. The summed E-state index contributed by atoms with van der Waals surface area (Å²) in [6.07, 6.45) is 3.79. The van der Waals surface area contributed by atoms with E-state index in [0.29, 0.717) is 17.9 Å². The predicted octanol–water partition coefficient (Wildman–Crippen LogP) is 0.387. The van der Waals surface area contributed by atoms with Gasteiger partial charge in [-0.05, 0) is 24.3 Å². The van der Waals surface area contributed by atoms with Gasteiger partial charge < -0.3 is 15.0 Å². The highest BCUT2D eigenvalue weighted by molar-refractivity contribution is 5.82. The van der Waals surface area contributed by atoms with Crippen molar-refractivity contribution in [2.75, 3.05) is 36.5 Å². The van der Waals surface area contributed by atoms with E-state index in [9.17, 15) is 4.79 Å². The quantitative estimate of drug-likeness (QED) is 0.880. The second-order valence-corrected chi connectivity index (χ2v) is 5.66. The van der Waals surface area contributed by atoms with Gasteiger partial charge in [0, 0.05) is 42.3 Å². The molecule has 2 aromatic rings. The van der Waals surface area contributed by atoms with Crippen LogP contribution in [0.15, 0.2) is 35.5 Å². The van der Waals surface area contributed by atoms with Gasteiger partial charge in [0.25, 0.3) is 5.91 Å². The summed E-state index contributed by atoms with van der Waals surface area (Å²) in [4.78, 5) is 26.2. The molecule has 4 rings (SSSR count). The number of nitrogens with one attached hydrogen (secondary N) is 1. The molecular formula is C17H17N5O2. The summed E-state index contributed by atoms with van der Waals surface area (Å²) >= 11 is 0. The Morgan fingerprint density at radius 1 is 1.12 bits per heavy atom.